The van der Waals surface area contributed by atoms with Crippen LogP contribution in [0, 0.1) is 35.3 Å². The third-order valence-electron chi connectivity index (χ3n) is 10.1. The van der Waals surface area contributed by atoms with Gasteiger partial charge in [-0.1, -0.05) is 31.9 Å². The average molecular weight is 561 g/mol. The third kappa shape index (κ3) is 6.79. The Labute approximate surface area is 236 Å². The first kappa shape index (κ1) is 29.3. The molecule has 0 aromatic heterocycles. The van der Waals surface area contributed by atoms with Crippen molar-refractivity contribution in [3.05, 3.63) is 59.2 Å². The molecule has 2 aromatic carbocycles. The second kappa shape index (κ2) is 12.7. The van der Waals surface area contributed by atoms with E-state index in [9.17, 15) is 13.2 Å². The van der Waals surface area contributed by atoms with Gasteiger partial charge in [-0.15, -0.1) is 0 Å². The Kier molecular flexibility index (Phi) is 9.31. The summed E-state index contributed by atoms with van der Waals surface area (Å²) in [5.41, 5.74) is 2.02. The van der Waals surface area contributed by atoms with Gasteiger partial charge < -0.3 is 9.47 Å². The molecule has 6 heteroatoms. The zero-order valence-corrected chi connectivity index (χ0v) is 23.9. The predicted molar refractivity (Wildman–Crippen MR) is 150 cm³/mol. The van der Waals surface area contributed by atoms with Gasteiger partial charge in [-0.25, -0.2) is 8.78 Å². The number of hydrogen-bond donors (Lipinski definition) is 0. The largest absolute Gasteiger partial charge is 0.491 e. The quantitative estimate of drug-likeness (QED) is 0.299. The van der Waals surface area contributed by atoms with Gasteiger partial charge in [-0.3, -0.25) is 0 Å². The summed E-state index contributed by atoms with van der Waals surface area (Å²) in [6.45, 7) is 4.33. The van der Waals surface area contributed by atoms with E-state index < -0.39 is 17.8 Å². The maximum absolute atomic E-state index is 15.2. The molecule has 5 rings (SSSR count). The molecule has 3 aliphatic carbocycles. The van der Waals surface area contributed by atoms with Crippen LogP contribution < -0.4 is 9.47 Å². The minimum atomic E-state index is -3.35. The fourth-order valence-electron chi connectivity index (χ4n) is 7.61. The van der Waals surface area contributed by atoms with Crippen molar-refractivity contribution in [3.63, 3.8) is 0 Å². The first-order valence-corrected chi connectivity index (χ1v) is 15.5. The van der Waals surface area contributed by atoms with E-state index in [-0.39, 0.29) is 23.2 Å². The Morgan fingerprint density at radius 1 is 0.725 bits per heavy atom. The molecule has 3 fully saturated rings. The molecule has 0 unspecified atom stereocenters. The lowest BCUT2D eigenvalue weighted by Gasteiger charge is -2.39. The fraction of sp³-hybridized carbons (Fsp3) is 0.647. The second-order valence-electron chi connectivity index (χ2n) is 12.7. The highest BCUT2D eigenvalue weighted by atomic mass is 19.3. The van der Waals surface area contributed by atoms with Gasteiger partial charge in [-0.05, 0) is 130 Å². The van der Waals surface area contributed by atoms with E-state index in [4.69, 9.17) is 9.47 Å². The summed E-state index contributed by atoms with van der Waals surface area (Å²) < 4.78 is 69.4. The van der Waals surface area contributed by atoms with E-state index >= 15 is 4.39 Å². The molecule has 0 radical (unpaired) electrons. The topological polar surface area (TPSA) is 18.5 Å². The molecule has 3 saturated carbocycles. The molecule has 2 aromatic rings. The molecule has 0 atom stereocenters. The minimum absolute atomic E-state index is 0.0299. The Hall–Kier alpha value is -2.24. The molecule has 2 nitrogen and oxygen atoms in total. The highest BCUT2D eigenvalue weighted by Crippen LogP contribution is 2.47. The van der Waals surface area contributed by atoms with Crippen LogP contribution in [0.1, 0.15) is 114 Å². The third-order valence-corrected chi connectivity index (χ3v) is 10.1. The van der Waals surface area contributed by atoms with Gasteiger partial charge in [0.25, 0.3) is 0 Å². The van der Waals surface area contributed by atoms with Gasteiger partial charge in [0.15, 0.2) is 11.6 Å². The highest BCUT2D eigenvalue weighted by Gasteiger charge is 2.45. The van der Waals surface area contributed by atoms with Gasteiger partial charge in [0.1, 0.15) is 11.6 Å². The Bertz CT molecular complexity index is 1110. The Morgan fingerprint density at radius 2 is 1.35 bits per heavy atom. The monoisotopic (exact) mass is 560 g/mol. The lowest BCUT2D eigenvalue weighted by atomic mass is 9.68. The summed E-state index contributed by atoms with van der Waals surface area (Å²) in [5.74, 6) is 0.683. The first-order valence-electron chi connectivity index (χ1n) is 15.5. The molecule has 0 N–H and O–H groups in total. The summed E-state index contributed by atoms with van der Waals surface area (Å²) in [7, 11) is 0. The van der Waals surface area contributed by atoms with Crippen molar-refractivity contribution in [1.82, 2.24) is 0 Å². The molecular formula is C34H44F4O2. The molecular weight excluding hydrogens is 516 g/mol. The van der Waals surface area contributed by atoms with E-state index in [0.717, 1.165) is 74.5 Å². The first-order chi connectivity index (χ1) is 19.2. The van der Waals surface area contributed by atoms with Gasteiger partial charge in [0.2, 0.25) is 0 Å². The van der Waals surface area contributed by atoms with Crippen LogP contribution in [-0.4, -0.2) is 12.7 Å². The van der Waals surface area contributed by atoms with Gasteiger partial charge in [0.05, 0.1) is 12.5 Å². The molecule has 0 bridgehead atoms. The summed E-state index contributed by atoms with van der Waals surface area (Å²) in [6, 6.07) is 9.63. The molecule has 0 saturated heterocycles. The van der Waals surface area contributed by atoms with Crippen LogP contribution in [0.15, 0.2) is 36.4 Å². The zero-order valence-electron chi connectivity index (χ0n) is 23.9. The molecule has 3 aliphatic rings. The van der Waals surface area contributed by atoms with E-state index in [2.05, 4.69) is 13.0 Å². The van der Waals surface area contributed by atoms with E-state index in [1.165, 1.54) is 25.0 Å². The van der Waals surface area contributed by atoms with Crippen molar-refractivity contribution in [2.45, 2.75) is 109 Å². The van der Waals surface area contributed by atoms with Crippen LogP contribution in [0.4, 0.5) is 17.6 Å². The number of rotatable bonds is 8. The molecule has 40 heavy (non-hydrogen) atoms. The van der Waals surface area contributed by atoms with E-state index in [1.807, 2.05) is 6.07 Å². The number of hydrogen-bond acceptors (Lipinski definition) is 2. The van der Waals surface area contributed by atoms with E-state index in [0.29, 0.717) is 37.2 Å². The summed E-state index contributed by atoms with van der Waals surface area (Å²) in [4.78, 5) is 0. The van der Waals surface area contributed by atoms with Crippen molar-refractivity contribution in [1.29, 1.82) is 0 Å². The SMILES string of the molecule is CCOc1ccc(OC(F)(F)C2CCC(C3CCC(c4ccc(C5CCC(C)CC5)cc4F)CC3)CC2)cc1F. The molecule has 0 spiro atoms. The summed E-state index contributed by atoms with van der Waals surface area (Å²) in [5, 5.41) is 0. The second-order valence-corrected chi connectivity index (χ2v) is 12.7. The number of alkyl halides is 2. The maximum Gasteiger partial charge on any atom is 0.400 e. The normalized spacial score (nSPS) is 29.6. The van der Waals surface area contributed by atoms with Crippen molar-refractivity contribution < 1.29 is 27.0 Å². The Balaban J connectivity index is 1.10. The molecule has 0 heterocycles. The van der Waals surface area contributed by atoms with Gasteiger partial charge >= 0.3 is 6.11 Å². The van der Waals surface area contributed by atoms with Crippen LogP contribution in [0.2, 0.25) is 0 Å². The Morgan fingerprint density at radius 3 is 1.95 bits per heavy atom. The predicted octanol–water partition coefficient (Wildman–Crippen LogP) is 10.4. The molecule has 0 aliphatic heterocycles. The maximum atomic E-state index is 15.2. The standard InChI is InChI=1S/C34H44F4O2/c1-3-39-33-19-17-29(21-32(33)36)40-34(37,38)28-15-12-24(13-16-28)23-8-10-26(11-9-23)30-18-14-27(20-31(30)35)25-6-4-22(2)5-7-25/h14,17-26,28H,3-13,15-16H2,1-2H3. The minimum Gasteiger partial charge on any atom is -0.491 e. The number of benzene rings is 2. The van der Waals surface area contributed by atoms with Crippen molar-refractivity contribution in [2.24, 2.45) is 23.7 Å². The van der Waals surface area contributed by atoms with Crippen molar-refractivity contribution in [2.75, 3.05) is 6.61 Å². The van der Waals surface area contributed by atoms with Crippen LogP contribution in [0.3, 0.4) is 0 Å². The highest BCUT2D eigenvalue weighted by molar-refractivity contribution is 5.33. The number of halogens is 4. The summed E-state index contributed by atoms with van der Waals surface area (Å²) in [6.07, 6.45) is 7.70. The van der Waals surface area contributed by atoms with Crippen LogP contribution >= 0.6 is 0 Å². The van der Waals surface area contributed by atoms with Gasteiger partial charge in [-0.2, -0.15) is 8.78 Å². The lowest BCUT2D eigenvalue weighted by Crippen LogP contribution is -2.38. The van der Waals surface area contributed by atoms with E-state index in [1.54, 1.807) is 13.0 Å². The molecule has 0 amide bonds. The fourth-order valence-corrected chi connectivity index (χ4v) is 7.61. The van der Waals surface area contributed by atoms with Gasteiger partial charge in [0, 0.05) is 6.07 Å². The lowest BCUT2D eigenvalue weighted by molar-refractivity contribution is -0.224. The average Bonchev–Trinajstić information content (AvgIpc) is 2.95. The molecule has 220 valence electrons. The summed E-state index contributed by atoms with van der Waals surface area (Å²) >= 11 is 0. The zero-order chi connectivity index (χ0) is 28.3. The van der Waals surface area contributed by atoms with Crippen LogP contribution in [0.25, 0.3) is 0 Å². The van der Waals surface area contributed by atoms with Crippen molar-refractivity contribution >= 4 is 0 Å². The smallest absolute Gasteiger partial charge is 0.400 e. The van der Waals surface area contributed by atoms with Crippen molar-refractivity contribution in [3.8, 4) is 11.5 Å². The number of ether oxygens (including phenoxy) is 2. The van der Waals surface area contributed by atoms with Crippen LogP contribution in [-0.2, 0) is 0 Å². The van der Waals surface area contributed by atoms with Crippen LogP contribution in [0.5, 0.6) is 11.5 Å².